The van der Waals surface area contributed by atoms with E-state index in [0.717, 1.165) is 16.1 Å². The first-order chi connectivity index (χ1) is 8.25. The van der Waals surface area contributed by atoms with Crippen LogP contribution >= 0.6 is 27.7 Å². The predicted molar refractivity (Wildman–Crippen MR) is 79.4 cm³/mol. The van der Waals surface area contributed by atoms with Gasteiger partial charge in [-0.05, 0) is 43.0 Å². The normalized spacial score (nSPS) is 19.2. The van der Waals surface area contributed by atoms with Gasteiger partial charge in [0.2, 0.25) is 0 Å². The van der Waals surface area contributed by atoms with Crippen LogP contribution in [0.2, 0.25) is 0 Å². The molecule has 0 amide bonds. The fourth-order valence-electron chi connectivity index (χ4n) is 2.42. The van der Waals surface area contributed by atoms with E-state index in [1.54, 1.807) is 0 Å². The maximum absolute atomic E-state index is 6.30. The van der Waals surface area contributed by atoms with Crippen LogP contribution < -0.4 is 5.73 Å². The van der Waals surface area contributed by atoms with Crippen molar-refractivity contribution in [2.24, 2.45) is 11.7 Å². The Bertz CT molecular complexity index is 333. The van der Waals surface area contributed by atoms with E-state index in [0.29, 0.717) is 6.04 Å². The third-order valence-corrected chi connectivity index (χ3v) is 5.20. The Labute approximate surface area is 117 Å². The zero-order valence-electron chi connectivity index (χ0n) is 10.1. The third-order valence-electron chi connectivity index (χ3n) is 3.51. The number of benzene rings is 1. The van der Waals surface area contributed by atoms with Gasteiger partial charge >= 0.3 is 0 Å². The Kier molecular flexibility index (Phi) is 5.39. The number of thioether (sulfide) groups is 1. The van der Waals surface area contributed by atoms with E-state index in [9.17, 15) is 0 Å². The molecule has 1 aliphatic carbocycles. The molecule has 0 spiro atoms. The van der Waals surface area contributed by atoms with Crippen molar-refractivity contribution in [1.29, 1.82) is 0 Å². The highest BCUT2D eigenvalue weighted by molar-refractivity contribution is 9.10. The first-order valence-corrected chi connectivity index (χ1v) is 8.17. The summed E-state index contributed by atoms with van der Waals surface area (Å²) in [5.74, 6) is 1.80. The van der Waals surface area contributed by atoms with Gasteiger partial charge in [0.1, 0.15) is 0 Å². The summed E-state index contributed by atoms with van der Waals surface area (Å²) in [6, 6.07) is 8.86. The summed E-state index contributed by atoms with van der Waals surface area (Å²) >= 11 is 5.34. The van der Waals surface area contributed by atoms with Crippen LogP contribution in [0.15, 0.2) is 33.6 Å². The van der Waals surface area contributed by atoms with Gasteiger partial charge in [-0.15, -0.1) is 11.8 Å². The molecule has 0 saturated heterocycles. The van der Waals surface area contributed by atoms with Crippen molar-refractivity contribution in [2.75, 3.05) is 5.75 Å². The highest BCUT2D eigenvalue weighted by Crippen LogP contribution is 2.29. The van der Waals surface area contributed by atoms with E-state index >= 15 is 0 Å². The number of nitrogens with two attached hydrogens (primary N) is 1. The first kappa shape index (κ1) is 13.4. The van der Waals surface area contributed by atoms with E-state index in [1.807, 2.05) is 11.8 Å². The molecule has 1 aliphatic rings. The van der Waals surface area contributed by atoms with Crippen molar-refractivity contribution in [3.8, 4) is 0 Å². The first-order valence-electron chi connectivity index (χ1n) is 6.39. The standard InChI is InChI=1S/C14H20BrNS/c15-12-6-8-13(9-7-12)17-10-14(16)11-4-2-1-3-5-11/h6-9,11,14H,1-5,10,16H2. The van der Waals surface area contributed by atoms with Crippen molar-refractivity contribution < 1.29 is 0 Å². The lowest BCUT2D eigenvalue weighted by Crippen LogP contribution is -2.33. The molecule has 0 bridgehead atoms. The Morgan fingerprint density at radius 2 is 1.82 bits per heavy atom. The minimum absolute atomic E-state index is 0.365. The van der Waals surface area contributed by atoms with Gasteiger partial charge in [-0.3, -0.25) is 0 Å². The zero-order valence-corrected chi connectivity index (χ0v) is 12.5. The van der Waals surface area contributed by atoms with Crippen LogP contribution in [0.5, 0.6) is 0 Å². The average Bonchev–Trinajstić information content (AvgIpc) is 2.39. The molecule has 1 aromatic rings. The molecule has 0 heterocycles. The second-order valence-electron chi connectivity index (χ2n) is 4.83. The van der Waals surface area contributed by atoms with Gasteiger partial charge in [-0.2, -0.15) is 0 Å². The highest BCUT2D eigenvalue weighted by Gasteiger charge is 2.20. The van der Waals surface area contributed by atoms with Crippen molar-refractivity contribution in [3.05, 3.63) is 28.7 Å². The molecule has 1 saturated carbocycles. The van der Waals surface area contributed by atoms with E-state index in [4.69, 9.17) is 5.73 Å². The van der Waals surface area contributed by atoms with Gasteiger partial charge in [0.15, 0.2) is 0 Å². The largest absolute Gasteiger partial charge is 0.327 e. The zero-order chi connectivity index (χ0) is 12.1. The van der Waals surface area contributed by atoms with Crippen LogP contribution in [-0.4, -0.2) is 11.8 Å². The molecule has 1 aromatic carbocycles. The molecule has 0 aliphatic heterocycles. The molecule has 0 aromatic heterocycles. The van der Waals surface area contributed by atoms with Crippen molar-refractivity contribution in [2.45, 2.75) is 43.0 Å². The molecule has 1 fully saturated rings. The minimum atomic E-state index is 0.365. The summed E-state index contributed by atoms with van der Waals surface area (Å²) in [6.45, 7) is 0. The summed E-state index contributed by atoms with van der Waals surface area (Å²) < 4.78 is 1.14. The second-order valence-corrected chi connectivity index (χ2v) is 6.84. The van der Waals surface area contributed by atoms with Crippen LogP contribution in [0.3, 0.4) is 0 Å². The molecule has 1 nitrogen and oxygen atoms in total. The summed E-state index contributed by atoms with van der Waals surface area (Å²) in [4.78, 5) is 1.32. The van der Waals surface area contributed by atoms with E-state index < -0.39 is 0 Å². The lowest BCUT2D eigenvalue weighted by atomic mass is 9.85. The van der Waals surface area contributed by atoms with Gasteiger partial charge in [0.25, 0.3) is 0 Å². The van der Waals surface area contributed by atoms with Crippen LogP contribution in [0.25, 0.3) is 0 Å². The van der Waals surface area contributed by atoms with Crippen LogP contribution in [-0.2, 0) is 0 Å². The average molecular weight is 314 g/mol. The summed E-state index contributed by atoms with van der Waals surface area (Å²) in [5.41, 5.74) is 6.30. The minimum Gasteiger partial charge on any atom is -0.327 e. The molecule has 3 heteroatoms. The molecule has 17 heavy (non-hydrogen) atoms. The van der Waals surface area contributed by atoms with Crippen molar-refractivity contribution >= 4 is 27.7 Å². The molecule has 1 unspecified atom stereocenters. The number of rotatable bonds is 4. The van der Waals surface area contributed by atoms with Crippen LogP contribution in [0.4, 0.5) is 0 Å². The lowest BCUT2D eigenvalue weighted by molar-refractivity contribution is 0.319. The second kappa shape index (κ2) is 6.81. The molecule has 1 atom stereocenters. The molecule has 2 rings (SSSR count). The Morgan fingerprint density at radius 3 is 2.47 bits per heavy atom. The Hall–Kier alpha value is 0.01000. The van der Waals surface area contributed by atoms with Gasteiger partial charge in [0, 0.05) is 21.2 Å². The van der Waals surface area contributed by atoms with Gasteiger partial charge in [0.05, 0.1) is 0 Å². The third kappa shape index (κ3) is 4.31. The molecular formula is C14H20BrNS. The highest BCUT2D eigenvalue weighted by atomic mass is 79.9. The smallest absolute Gasteiger partial charge is 0.0176 e. The van der Waals surface area contributed by atoms with Crippen LogP contribution in [0, 0.1) is 5.92 Å². The summed E-state index contributed by atoms with van der Waals surface area (Å²) in [7, 11) is 0. The SMILES string of the molecule is NC(CSc1ccc(Br)cc1)C1CCCCC1. The maximum Gasteiger partial charge on any atom is 0.0176 e. The number of hydrogen-bond donors (Lipinski definition) is 1. The predicted octanol–water partition coefficient (Wildman–Crippen LogP) is 4.45. The summed E-state index contributed by atoms with van der Waals surface area (Å²) in [6.07, 6.45) is 6.83. The van der Waals surface area contributed by atoms with Crippen molar-refractivity contribution in [3.63, 3.8) is 0 Å². The number of halogens is 1. The Balaban J connectivity index is 1.78. The van der Waals surface area contributed by atoms with Gasteiger partial charge in [-0.25, -0.2) is 0 Å². The number of hydrogen-bond acceptors (Lipinski definition) is 2. The monoisotopic (exact) mass is 313 g/mol. The molecule has 0 radical (unpaired) electrons. The fraction of sp³-hybridized carbons (Fsp3) is 0.571. The molecular weight excluding hydrogens is 294 g/mol. The topological polar surface area (TPSA) is 26.0 Å². The maximum atomic E-state index is 6.30. The quantitative estimate of drug-likeness (QED) is 0.831. The molecule has 2 N–H and O–H groups in total. The van der Waals surface area contributed by atoms with E-state index in [-0.39, 0.29) is 0 Å². The molecule has 94 valence electrons. The van der Waals surface area contributed by atoms with Crippen LogP contribution in [0.1, 0.15) is 32.1 Å². The lowest BCUT2D eigenvalue weighted by Gasteiger charge is -2.27. The fourth-order valence-corrected chi connectivity index (χ4v) is 3.67. The van der Waals surface area contributed by atoms with Gasteiger partial charge < -0.3 is 5.73 Å². The van der Waals surface area contributed by atoms with E-state index in [1.165, 1.54) is 37.0 Å². The van der Waals surface area contributed by atoms with E-state index in [2.05, 4.69) is 40.2 Å². The van der Waals surface area contributed by atoms with Crippen molar-refractivity contribution in [1.82, 2.24) is 0 Å². The Morgan fingerprint density at radius 1 is 1.18 bits per heavy atom. The van der Waals surface area contributed by atoms with Gasteiger partial charge in [-0.1, -0.05) is 35.2 Å². The summed E-state index contributed by atoms with van der Waals surface area (Å²) in [5, 5.41) is 0.